The fourth-order valence-electron chi connectivity index (χ4n) is 11.3. The summed E-state index contributed by atoms with van der Waals surface area (Å²) in [4.78, 5) is 72.7. The van der Waals surface area contributed by atoms with Gasteiger partial charge in [-0.25, -0.2) is 9.13 Å². The van der Waals surface area contributed by atoms with Crippen molar-refractivity contribution >= 4 is 39.5 Å². The maximum atomic E-state index is 13.1. The molecule has 0 aromatic carbocycles. The number of aliphatic hydroxyl groups is 1. The Morgan fingerprint density at radius 3 is 0.854 bits per heavy atom. The lowest BCUT2D eigenvalue weighted by atomic mass is 10.0. The Hall–Kier alpha value is -2.46. The van der Waals surface area contributed by atoms with E-state index in [1.807, 2.05) is 0 Å². The first-order valence-corrected chi connectivity index (χ1v) is 42.3. The predicted octanol–water partition coefficient (Wildman–Crippen LogP) is 22.3. The lowest BCUT2D eigenvalue weighted by Crippen LogP contribution is -2.30. The molecule has 0 aliphatic rings. The molecule has 0 aliphatic heterocycles. The van der Waals surface area contributed by atoms with Crippen LogP contribution >= 0.6 is 15.6 Å². The SMILES string of the molecule is CCCCCC/C=C\C=C/CCCCCCCC(=O)OC[C@H](COP(=O)(O)OC[C@@H](O)COP(=O)(O)OC[C@@H](COC(=O)CCCCCCCCCCCC)OC(=O)CCCCCCCCCC(C)C)OC(=O)CCCCCCCCCCCCCCCCCCCCC(C)C. The van der Waals surface area contributed by atoms with Crippen LogP contribution in [-0.4, -0.2) is 96.7 Å². The summed E-state index contributed by atoms with van der Waals surface area (Å²) in [7, 11) is -9.92. The molecule has 0 radical (unpaired) electrons. The minimum Gasteiger partial charge on any atom is -0.462 e. The van der Waals surface area contributed by atoms with E-state index in [1.54, 1.807) is 0 Å². The van der Waals surface area contributed by atoms with Gasteiger partial charge in [0, 0.05) is 25.7 Å². The van der Waals surface area contributed by atoms with E-state index in [2.05, 4.69) is 65.8 Å². The van der Waals surface area contributed by atoms with Crippen LogP contribution in [0.3, 0.4) is 0 Å². The molecule has 0 fully saturated rings. The fourth-order valence-corrected chi connectivity index (χ4v) is 12.9. The standard InChI is InChI=1S/C77H146O17P2/c1-7-9-11-13-15-17-19-20-25-29-32-36-42-48-54-60-75(80)88-65-72(93-76(81)61-55-49-43-37-33-30-27-24-22-21-23-26-28-31-34-39-45-51-57-69(3)4)67-91-95(83,84)89-63-71(78)64-90-96(85,86)92-68-73(94-77(82)62-56-50-44-38-40-46-52-58-70(5)6)66-87-74(79)59-53-47-41-35-18-16-14-12-10-8-2/h17,19-20,25,69-73,78H,7-16,18,21-24,26-68H2,1-6H3,(H,83,84)(H,85,86)/b19-17-,25-20-/t71-,72-,73-/m1/s1. The van der Waals surface area contributed by atoms with E-state index in [0.29, 0.717) is 31.6 Å². The number of phosphoric acid groups is 2. The van der Waals surface area contributed by atoms with E-state index < -0.39 is 97.5 Å². The van der Waals surface area contributed by atoms with Gasteiger partial charge < -0.3 is 33.8 Å². The minimum absolute atomic E-state index is 0.101. The number of carbonyl (C=O) groups is 4. The van der Waals surface area contributed by atoms with Crippen LogP contribution in [0.1, 0.15) is 375 Å². The second-order valence-electron chi connectivity index (χ2n) is 28.0. The number of aliphatic hydroxyl groups excluding tert-OH is 1. The number of carbonyl (C=O) groups excluding carboxylic acids is 4. The van der Waals surface area contributed by atoms with Gasteiger partial charge in [0.15, 0.2) is 12.2 Å². The predicted molar refractivity (Wildman–Crippen MR) is 391 cm³/mol. The molecule has 5 atom stereocenters. The lowest BCUT2D eigenvalue weighted by Gasteiger charge is -2.21. The maximum absolute atomic E-state index is 13.1. The van der Waals surface area contributed by atoms with Crippen molar-refractivity contribution < 1.29 is 80.2 Å². The Labute approximate surface area is 586 Å². The Morgan fingerprint density at radius 2 is 0.562 bits per heavy atom. The van der Waals surface area contributed by atoms with Gasteiger partial charge in [-0.05, 0) is 63.2 Å². The molecule has 0 rings (SSSR count). The van der Waals surface area contributed by atoms with Crippen LogP contribution in [0.4, 0.5) is 0 Å². The normalized spacial score (nSPS) is 14.2. The Kier molecular flexibility index (Phi) is 66.6. The topological polar surface area (TPSA) is 237 Å². The first-order chi connectivity index (χ1) is 46.4. The van der Waals surface area contributed by atoms with Crippen LogP contribution in [0.2, 0.25) is 0 Å². The molecular formula is C77H146O17P2. The highest BCUT2D eigenvalue weighted by molar-refractivity contribution is 7.47. The maximum Gasteiger partial charge on any atom is 0.472 e. The van der Waals surface area contributed by atoms with Crippen LogP contribution < -0.4 is 0 Å². The van der Waals surface area contributed by atoms with Crippen molar-refractivity contribution in [3.63, 3.8) is 0 Å². The first-order valence-electron chi connectivity index (χ1n) is 39.3. The smallest absolute Gasteiger partial charge is 0.462 e. The van der Waals surface area contributed by atoms with Crippen molar-refractivity contribution in [1.29, 1.82) is 0 Å². The largest absolute Gasteiger partial charge is 0.472 e. The molecule has 0 aromatic heterocycles. The van der Waals surface area contributed by atoms with E-state index in [0.717, 1.165) is 115 Å². The second-order valence-corrected chi connectivity index (χ2v) is 30.9. The van der Waals surface area contributed by atoms with Crippen molar-refractivity contribution in [2.75, 3.05) is 39.6 Å². The van der Waals surface area contributed by atoms with Crippen LogP contribution in [0.25, 0.3) is 0 Å². The summed E-state index contributed by atoms with van der Waals surface area (Å²) in [5.41, 5.74) is 0. The molecule has 0 spiro atoms. The molecule has 0 aromatic rings. The third-order valence-corrected chi connectivity index (χ3v) is 19.2. The summed E-state index contributed by atoms with van der Waals surface area (Å²) >= 11 is 0. The van der Waals surface area contributed by atoms with Crippen LogP contribution in [0.5, 0.6) is 0 Å². The summed E-state index contributed by atoms with van der Waals surface area (Å²) in [6.45, 7) is 9.49. The third-order valence-electron chi connectivity index (χ3n) is 17.3. The van der Waals surface area contributed by atoms with E-state index in [1.165, 1.54) is 173 Å². The van der Waals surface area contributed by atoms with Gasteiger partial charge in [0.25, 0.3) is 0 Å². The Bertz CT molecular complexity index is 1950. The lowest BCUT2D eigenvalue weighted by molar-refractivity contribution is -0.161. The summed E-state index contributed by atoms with van der Waals surface area (Å²) in [5.74, 6) is -0.635. The first kappa shape index (κ1) is 93.5. The molecule has 0 amide bonds. The molecule has 0 aliphatic carbocycles. The quantitative estimate of drug-likeness (QED) is 0.0169. The van der Waals surface area contributed by atoms with Crippen molar-refractivity contribution in [2.24, 2.45) is 11.8 Å². The van der Waals surface area contributed by atoms with Crippen molar-refractivity contribution in [2.45, 2.75) is 394 Å². The molecule has 0 saturated carbocycles. The minimum atomic E-state index is -4.97. The number of allylic oxidation sites excluding steroid dienone is 4. The molecule has 0 saturated heterocycles. The molecule has 96 heavy (non-hydrogen) atoms. The van der Waals surface area contributed by atoms with Crippen LogP contribution in [-0.2, 0) is 65.4 Å². The van der Waals surface area contributed by atoms with Gasteiger partial charge in [0.05, 0.1) is 26.4 Å². The number of ether oxygens (including phenoxy) is 4. The van der Waals surface area contributed by atoms with Gasteiger partial charge in [-0.15, -0.1) is 0 Å². The highest BCUT2D eigenvalue weighted by Gasteiger charge is 2.30. The zero-order valence-corrected chi connectivity index (χ0v) is 63.9. The van der Waals surface area contributed by atoms with Crippen LogP contribution in [0, 0.1) is 11.8 Å². The molecule has 566 valence electrons. The Morgan fingerprint density at radius 1 is 0.323 bits per heavy atom. The molecule has 2 unspecified atom stereocenters. The van der Waals surface area contributed by atoms with Crippen molar-refractivity contribution in [3.8, 4) is 0 Å². The summed E-state index contributed by atoms with van der Waals surface area (Å²) < 4.78 is 68.4. The molecule has 17 nitrogen and oxygen atoms in total. The number of phosphoric ester groups is 2. The molecule has 3 N–H and O–H groups in total. The highest BCUT2D eigenvalue weighted by Crippen LogP contribution is 2.45. The van der Waals surface area contributed by atoms with Gasteiger partial charge in [0.2, 0.25) is 0 Å². The fraction of sp³-hybridized carbons (Fsp3) is 0.896. The van der Waals surface area contributed by atoms with Gasteiger partial charge in [-0.1, -0.05) is 323 Å². The third kappa shape index (κ3) is 70.0. The van der Waals surface area contributed by atoms with E-state index in [9.17, 15) is 43.2 Å². The number of hydrogen-bond acceptors (Lipinski definition) is 15. The summed E-state index contributed by atoms with van der Waals surface area (Å²) in [5, 5.41) is 10.6. The monoisotopic (exact) mass is 1410 g/mol. The Balaban J connectivity index is 5.23. The van der Waals surface area contributed by atoms with Gasteiger partial charge >= 0.3 is 39.5 Å². The number of rotatable bonds is 74. The molecule has 19 heteroatoms. The molecular weight excluding hydrogens is 1260 g/mol. The number of hydrogen-bond donors (Lipinski definition) is 3. The van der Waals surface area contributed by atoms with E-state index >= 15 is 0 Å². The average molecular weight is 1410 g/mol. The van der Waals surface area contributed by atoms with E-state index in [4.69, 9.17) is 37.0 Å². The summed E-state index contributed by atoms with van der Waals surface area (Å²) in [6.07, 6.45) is 59.3. The van der Waals surface area contributed by atoms with Crippen molar-refractivity contribution in [1.82, 2.24) is 0 Å². The highest BCUT2D eigenvalue weighted by atomic mass is 31.2. The molecule has 0 heterocycles. The van der Waals surface area contributed by atoms with Gasteiger partial charge in [0.1, 0.15) is 19.3 Å². The van der Waals surface area contributed by atoms with E-state index in [-0.39, 0.29) is 25.7 Å². The van der Waals surface area contributed by atoms with Gasteiger partial charge in [-0.3, -0.25) is 37.3 Å². The van der Waals surface area contributed by atoms with Crippen LogP contribution in [0.15, 0.2) is 24.3 Å². The average Bonchev–Trinajstić information content (AvgIpc) is 1.89. The second kappa shape index (κ2) is 68.3. The van der Waals surface area contributed by atoms with Crippen molar-refractivity contribution in [3.05, 3.63) is 24.3 Å². The summed E-state index contributed by atoms with van der Waals surface area (Å²) in [6, 6.07) is 0. The molecule has 0 bridgehead atoms. The zero-order chi connectivity index (χ0) is 70.7. The van der Waals surface area contributed by atoms with Gasteiger partial charge in [-0.2, -0.15) is 0 Å². The number of unbranched alkanes of at least 4 members (excludes halogenated alkanes) is 41. The zero-order valence-electron chi connectivity index (χ0n) is 62.2. The number of esters is 4.